The molecule has 1 fully saturated rings. The molecule has 0 aliphatic carbocycles. The molecule has 1 aromatic rings. The average Bonchev–Trinajstić information content (AvgIpc) is 2.67. The van der Waals surface area contributed by atoms with E-state index in [1.54, 1.807) is 31.4 Å². The molecule has 0 saturated carbocycles. The lowest BCUT2D eigenvalue weighted by Crippen LogP contribution is -2.52. The number of nitrogens with one attached hydrogen (secondary N) is 1. The molecule has 1 heterocycles. The number of carbonyl (C=O) groups is 2. The van der Waals surface area contributed by atoms with Gasteiger partial charge in [-0.05, 0) is 31.2 Å². The normalized spacial score (nSPS) is 16.2. The van der Waals surface area contributed by atoms with E-state index >= 15 is 0 Å². The summed E-state index contributed by atoms with van der Waals surface area (Å²) in [6.07, 6.45) is 0. The average molecular weight is 435 g/mol. The number of rotatable bonds is 7. The van der Waals surface area contributed by atoms with E-state index in [0.29, 0.717) is 25.2 Å². The Bertz CT molecular complexity index is 606. The molecule has 3 N–H and O–H groups in total. The van der Waals surface area contributed by atoms with Crippen LogP contribution in [-0.2, 0) is 4.79 Å². The first-order chi connectivity index (χ1) is 12.4. The Kier molecular flexibility index (Phi) is 12.1. The van der Waals surface area contributed by atoms with Crippen LogP contribution in [0.5, 0.6) is 5.75 Å². The number of hydrogen-bond acceptors (Lipinski definition) is 5. The number of nitrogens with zero attached hydrogens (tertiary/aromatic N) is 2. The second-order valence-electron chi connectivity index (χ2n) is 6.80. The Balaban J connectivity index is 0.00000364. The number of carbonyl (C=O) groups excluding carboxylic acids is 2. The number of hydrogen-bond donors (Lipinski definition) is 2. The molecule has 0 spiro atoms. The molecular formula is C19H32Cl2N4O3. The van der Waals surface area contributed by atoms with Gasteiger partial charge < -0.3 is 20.7 Å². The van der Waals surface area contributed by atoms with E-state index in [1.165, 1.54) is 0 Å². The van der Waals surface area contributed by atoms with Crippen molar-refractivity contribution >= 4 is 36.6 Å². The lowest BCUT2D eigenvalue weighted by atomic mass is 10.0. The van der Waals surface area contributed by atoms with E-state index < -0.39 is 0 Å². The second-order valence-corrected chi connectivity index (χ2v) is 6.80. The summed E-state index contributed by atoms with van der Waals surface area (Å²) in [6, 6.07) is 6.91. The largest absolute Gasteiger partial charge is 0.497 e. The maximum Gasteiger partial charge on any atom is 0.251 e. The molecule has 1 aromatic carbocycles. The van der Waals surface area contributed by atoms with E-state index in [1.807, 2.05) is 18.7 Å². The van der Waals surface area contributed by atoms with E-state index in [-0.39, 0.29) is 48.6 Å². The molecule has 28 heavy (non-hydrogen) atoms. The third kappa shape index (κ3) is 7.47. The highest BCUT2D eigenvalue weighted by atomic mass is 35.5. The van der Waals surface area contributed by atoms with Gasteiger partial charge in [-0.25, -0.2) is 0 Å². The van der Waals surface area contributed by atoms with Crippen molar-refractivity contribution in [2.75, 3.05) is 46.4 Å². The van der Waals surface area contributed by atoms with Crippen molar-refractivity contribution in [2.45, 2.75) is 19.9 Å². The zero-order chi connectivity index (χ0) is 19.1. The van der Waals surface area contributed by atoms with Gasteiger partial charge in [-0.1, -0.05) is 6.92 Å². The SMILES string of the molecule is COc1ccc(C(=O)NCCN2CCN(C(=O)C(C)C(C)N)CC2)cc1.Cl.Cl. The molecule has 2 amide bonds. The van der Waals surface area contributed by atoms with Gasteiger partial charge in [-0.2, -0.15) is 0 Å². The zero-order valence-electron chi connectivity index (χ0n) is 16.7. The van der Waals surface area contributed by atoms with Gasteiger partial charge in [0, 0.05) is 50.9 Å². The van der Waals surface area contributed by atoms with Crippen molar-refractivity contribution in [3.8, 4) is 5.75 Å². The number of nitrogens with two attached hydrogens (primary N) is 1. The summed E-state index contributed by atoms with van der Waals surface area (Å²) in [6.45, 7) is 8.15. The molecule has 0 bridgehead atoms. The molecule has 1 saturated heterocycles. The van der Waals surface area contributed by atoms with Crippen molar-refractivity contribution in [3.05, 3.63) is 29.8 Å². The minimum absolute atomic E-state index is 0. The lowest BCUT2D eigenvalue weighted by Gasteiger charge is -2.36. The van der Waals surface area contributed by atoms with Gasteiger partial charge in [-0.15, -0.1) is 24.8 Å². The predicted octanol–water partition coefficient (Wildman–Crippen LogP) is 1.40. The summed E-state index contributed by atoms with van der Waals surface area (Å²) in [5.74, 6) is 0.623. The van der Waals surface area contributed by atoms with E-state index in [0.717, 1.165) is 25.4 Å². The van der Waals surface area contributed by atoms with Gasteiger partial charge in [-0.3, -0.25) is 14.5 Å². The number of halogens is 2. The van der Waals surface area contributed by atoms with Crippen LogP contribution < -0.4 is 15.8 Å². The van der Waals surface area contributed by atoms with Gasteiger partial charge in [0.1, 0.15) is 5.75 Å². The van der Waals surface area contributed by atoms with Crippen molar-refractivity contribution in [1.29, 1.82) is 0 Å². The summed E-state index contributed by atoms with van der Waals surface area (Å²) in [7, 11) is 1.60. The third-order valence-corrected chi connectivity index (χ3v) is 4.93. The summed E-state index contributed by atoms with van der Waals surface area (Å²) in [4.78, 5) is 28.6. The van der Waals surface area contributed by atoms with Gasteiger partial charge in [0.15, 0.2) is 0 Å². The maximum absolute atomic E-state index is 12.3. The smallest absolute Gasteiger partial charge is 0.251 e. The van der Waals surface area contributed by atoms with Gasteiger partial charge in [0.05, 0.1) is 13.0 Å². The Morgan fingerprint density at radius 3 is 2.18 bits per heavy atom. The van der Waals surface area contributed by atoms with Crippen LogP contribution >= 0.6 is 24.8 Å². The van der Waals surface area contributed by atoms with E-state index in [9.17, 15) is 9.59 Å². The van der Waals surface area contributed by atoms with Crippen LogP contribution in [0.2, 0.25) is 0 Å². The van der Waals surface area contributed by atoms with Crippen LogP contribution in [0.4, 0.5) is 0 Å². The molecule has 2 unspecified atom stereocenters. The van der Waals surface area contributed by atoms with Crippen molar-refractivity contribution in [1.82, 2.24) is 15.1 Å². The van der Waals surface area contributed by atoms with Crippen molar-refractivity contribution in [2.24, 2.45) is 11.7 Å². The number of ether oxygens (including phenoxy) is 1. The van der Waals surface area contributed by atoms with Gasteiger partial charge in [0.2, 0.25) is 5.91 Å². The number of piperazine rings is 1. The van der Waals surface area contributed by atoms with Crippen molar-refractivity contribution in [3.63, 3.8) is 0 Å². The molecule has 0 aromatic heterocycles. The zero-order valence-corrected chi connectivity index (χ0v) is 18.4. The lowest BCUT2D eigenvalue weighted by molar-refractivity contribution is -0.137. The van der Waals surface area contributed by atoms with Crippen LogP contribution in [0.1, 0.15) is 24.2 Å². The monoisotopic (exact) mass is 434 g/mol. The first-order valence-corrected chi connectivity index (χ1v) is 9.11. The Morgan fingerprint density at radius 1 is 1.11 bits per heavy atom. The molecule has 160 valence electrons. The van der Waals surface area contributed by atoms with Gasteiger partial charge in [0.25, 0.3) is 5.91 Å². The number of benzene rings is 1. The van der Waals surface area contributed by atoms with Crippen LogP contribution in [0, 0.1) is 5.92 Å². The quantitative estimate of drug-likeness (QED) is 0.676. The Labute approximate surface area is 179 Å². The minimum atomic E-state index is -0.148. The van der Waals surface area contributed by atoms with Crippen LogP contribution in [0.3, 0.4) is 0 Å². The fraction of sp³-hybridized carbons (Fsp3) is 0.579. The van der Waals surface area contributed by atoms with Crippen LogP contribution in [0.15, 0.2) is 24.3 Å². The molecule has 2 rings (SSSR count). The fourth-order valence-electron chi connectivity index (χ4n) is 2.88. The fourth-order valence-corrected chi connectivity index (χ4v) is 2.88. The highest BCUT2D eigenvalue weighted by Crippen LogP contribution is 2.11. The molecule has 1 aliphatic heterocycles. The summed E-state index contributed by atoms with van der Waals surface area (Å²) in [5, 5.41) is 2.93. The summed E-state index contributed by atoms with van der Waals surface area (Å²) < 4.78 is 5.09. The van der Waals surface area contributed by atoms with Crippen LogP contribution in [-0.4, -0.2) is 74.0 Å². The molecule has 2 atom stereocenters. The molecule has 1 aliphatic rings. The second kappa shape index (κ2) is 12.8. The third-order valence-electron chi connectivity index (χ3n) is 4.93. The van der Waals surface area contributed by atoms with E-state index in [4.69, 9.17) is 10.5 Å². The molecular weight excluding hydrogens is 403 g/mol. The first kappa shape index (κ1) is 26.5. The Hall–Kier alpha value is -1.54. The van der Waals surface area contributed by atoms with Crippen molar-refractivity contribution < 1.29 is 14.3 Å². The highest BCUT2D eigenvalue weighted by molar-refractivity contribution is 5.94. The van der Waals surface area contributed by atoms with Gasteiger partial charge >= 0.3 is 0 Å². The highest BCUT2D eigenvalue weighted by Gasteiger charge is 2.26. The summed E-state index contributed by atoms with van der Waals surface area (Å²) >= 11 is 0. The standard InChI is InChI=1S/C19H30N4O3.2ClH/c1-14(15(2)20)19(25)23-12-10-22(11-13-23)9-8-21-18(24)16-4-6-17(26-3)7-5-16;;/h4-7,14-15H,8-13,20H2,1-3H3,(H,21,24);2*1H. The predicted molar refractivity (Wildman–Crippen MR) is 116 cm³/mol. The van der Waals surface area contributed by atoms with E-state index in [2.05, 4.69) is 10.2 Å². The summed E-state index contributed by atoms with van der Waals surface area (Å²) in [5.41, 5.74) is 6.44. The number of methoxy groups -OCH3 is 1. The topological polar surface area (TPSA) is 87.9 Å². The van der Waals surface area contributed by atoms with Crippen LogP contribution in [0.25, 0.3) is 0 Å². The number of amides is 2. The molecule has 9 heteroatoms. The maximum atomic E-state index is 12.3. The Morgan fingerprint density at radius 2 is 1.68 bits per heavy atom. The first-order valence-electron chi connectivity index (χ1n) is 9.11. The minimum Gasteiger partial charge on any atom is -0.497 e. The molecule has 0 radical (unpaired) electrons. The molecule has 7 nitrogen and oxygen atoms in total.